The Morgan fingerprint density at radius 3 is 2.50 bits per heavy atom. The molecular weight excluding hydrogens is 176 g/mol. The molecule has 3 nitrogen and oxygen atoms in total. The minimum Gasteiger partial charge on any atom is -0.347 e. The van der Waals surface area contributed by atoms with E-state index >= 15 is 0 Å². The molecule has 0 spiro atoms. The van der Waals surface area contributed by atoms with E-state index in [9.17, 15) is 4.79 Å². The summed E-state index contributed by atoms with van der Waals surface area (Å²) in [4.78, 5) is 12.8. The van der Waals surface area contributed by atoms with Gasteiger partial charge in [0.25, 0.3) is 0 Å². The van der Waals surface area contributed by atoms with Gasteiger partial charge in [-0.2, -0.15) is 0 Å². The lowest BCUT2D eigenvalue weighted by Gasteiger charge is -2.17. The maximum atomic E-state index is 11.2. The summed E-state index contributed by atoms with van der Waals surface area (Å²) < 4.78 is 0. The number of amides is 1. The van der Waals surface area contributed by atoms with Gasteiger partial charge in [-0.3, -0.25) is 4.79 Å². The van der Waals surface area contributed by atoms with E-state index in [1.165, 1.54) is 4.90 Å². The summed E-state index contributed by atoms with van der Waals surface area (Å²) in [6.07, 6.45) is 0. The molecule has 1 atom stereocenters. The molecule has 0 heterocycles. The van der Waals surface area contributed by atoms with Crippen molar-refractivity contribution in [1.29, 1.82) is 0 Å². The van der Waals surface area contributed by atoms with Crippen LogP contribution in [0.4, 0.5) is 0 Å². The van der Waals surface area contributed by atoms with Crippen molar-refractivity contribution in [3.63, 3.8) is 0 Å². The topological polar surface area (TPSA) is 32.3 Å². The molecule has 12 heavy (non-hydrogen) atoms. The van der Waals surface area contributed by atoms with E-state index < -0.39 is 0 Å². The van der Waals surface area contributed by atoms with Gasteiger partial charge in [-0.05, 0) is 6.92 Å². The van der Waals surface area contributed by atoms with Crippen LogP contribution < -0.4 is 5.32 Å². The zero-order valence-corrected chi connectivity index (χ0v) is 8.48. The smallest absolute Gasteiger partial charge is 0.238 e. The van der Waals surface area contributed by atoms with Crippen molar-refractivity contribution in [1.82, 2.24) is 10.2 Å². The second kappa shape index (κ2) is 5.17. The van der Waals surface area contributed by atoms with E-state index in [2.05, 4.69) is 11.9 Å². The summed E-state index contributed by atoms with van der Waals surface area (Å²) in [6.45, 7) is 5.76. The predicted molar refractivity (Wildman–Crippen MR) is 51.2 cm³/mol. The Morgan fingerprint density at radius 2 is 2.17 bits per heavy atom. The maximum absolute atomic E-state index is 11.2. The fraction of sp³-hybridized carbons (Fsp3) is 0.625. The molecule has 0 aromatic rings. The Bertz CT molecular complexity index is 180. The molecule has 0 saturated carbocycles. The quantitative estimate of drug-likeness (QED) is 0.712. The number of carbonyl (C=O) groups excluding carboxylic acids is 1. The number of hydrogen-bond acceptors (Lipinski definition) is 2. The zero-order chi connectivity index (χ0) is 9.72. The normalized spacial score (nSPS) is 12.3. The molecule has 0 aliphatic rings. The van der Waals surface area contributed by atoms with Gasteiger partial charge >= 0.3 is 0 Å². The van der Waals surface area contributed by atoms with Crippen LogP contribution in [0.2, 0.25) is 0 Å². The summed E-state index contributed by atoms with van der Waals surface area (Å²) in [7, 11) is 3.44. The second-order valence-electron chi connectivity index (χ2n) is 2.85. The zero-order valence-electron chi connectivity index (χ0n) is 7.72. The number of rotatable bonds is 4. The van der Waals surface area contributed by atoms with Crippen LogP contribution in [0.1, 0.15) is 6.92 Å². The van der Waals surface area contributed by atoms with Gasteiger partial charge in [0.15, 0.2) is 0 Å². The Kier molecular flexibility index (Phi) is 4.93. The average Bonchev–Trinajstić information content (AvgIpc) is 1.98. The van der Waals surface area contributed by atoms with Crippen LogP contribution in [-0.2, 0) is 4.79 Å². The van der Waals surface area contributed by atoms with Crippen LogP contribution in [0, 0.1) is 0 Å². The number of halogens is 1. The first-order valence-corrected chi connectivity index (χ1v) is 4.10. The largest absolute Gasteiger partial charge is 0.347 e. The third kappa shape index (κ3) is 4.36. The molecule has 4 heteroatoms. The fourth-order valence-corrected chi connectivity index (χ4v) is 0.816. The molecule has 1 unspecified atom stereocenters. The predicted octanol–water partition coefficient (Wildman–Crippen LogP) is 0.805. The van der Waals surface area contributed by atoms with Gasteiger partial charge in [0, 0.05) is 25.7 Å². The summed E-state index contributed by atoms with van der Waals surface area (Å²) in [5.74, 6) is 0.0351. The molecule has 0 saturated heterocycles. The van der Waals surface area contributed by atoms with Crippen molar-refractivity contribution < 1.29 is 4.79 Å². The lowest BCUT2D eigenvalue weighted by atomic mass is 10.3. The van der Waals surface area contributed by atoms with Gasteiger partial charge in [-0.15, -0.1) is 0 Å². The monoisotopic (exact) mass is 190 g/mol. The third-order valence-electron chi connectivity index (χ3n) is 1.41. The molecule has 0 bridgehead atoms. The number of nitrogens with zero attached hydrogens (tertiary/aromatic N) is 1. The van der Waals surface area contributed by atoms with Crippen molar-refractivity contribution >= 4 is 17.5 Å². The van der Waals surface area contributed by atoms with Crippen LogP contribution in [0.5, 0.6) is 0 Å². The SMILES string of the molecule is C=C(Cl)CNC(C)C(=O)N(C)C. The molecule has 1 amide bonds. The Morgan fingerprint density at radius 1 is 1.67 bits per heavy atom. The highest BCUT2D eigenvalue weighted by Crippen LogP contribution is 1.95. The standard InChI is InChI=1S/C8H15ClN2O/c1-6(9)5-10-7(2)8(12)11(3)4/h7,10H,1,5H2,2-4H3. The number of hydrogen-bond donors (Lipinski definition) is 1. The van der Waals surface area contributed by atoms with Crippen molar-refractivity contribution in [2.24, 2.45) is 0 Å². The molecular formula is C8H15ClN2O. The number of nitrogens with one attached hydrogen (secondary N) is 1. The molecule has 1 N–H and O–H groups in total. The van der Waals surface area contributed by atoms with Crippen molar-refractivity contribution in [3.8, 4) is 0 Å². The highest BCUT2D eigenvalue weighted by Gasteiger charge is 2.13. The van der Waals surface area contributed by atoms with Crippen LogP contribution >= 0.6 is 11.6 Å². The van der Waals surface area contributed by atoms with Gasteiger partial charge in [-0.1, -0.05) is 18.2 Å². The van der Waals surface area contributed by atoms with E-state index in [4.69, 9.17) is 11.6 Å². The maximum Gasteiger partial charge on any atom is 0.238 e. The van der Waals surface area contributed by atoms with Gasteiger partial charge < -0.3 is 10.2 Å². The number of likely N-dealkylation sites (N-methyl/N-ethyl adjacent to an activating group) is 1. The molecule has 0 aliphatic heterocycles. The van der Waals surface area contributed by atoms with Crippen molar-refractivity contribution in [2.45, 2.75) is 13.0 Å². The highest BCUT2D eigenvalue weighted by molar-refractivity contribution is 6.29. The highest BCUT2D eigenvalue weighted by atomic mass is 35.5. The molecule has 0 rings (SSSR count). The summed E-state index contributed by atoms with van der Waals surface area (Å²) in [6, 6.07) is -0.213. The second-order valence-corrected chi connectivity index (χ2v) is 3.39. The first kappa shape index (κ1) is 11.5. The van der Waals surface area contributed by atoms with Gasteiger partial charge in [0.05, 0.1) is 6.04 Å². The van der Waals surface area contributed by atoms with Gasteiger partial charge in [0.2, 0.25) is 5.91 Å². The third-order valence-corrected chi connectivity index (χ3v) is 1.54. The minimum absolute atomic E-state index is 0.0351. The molecule has 0 radical (unpaired) electrons. The molecule has 0 fully saturated rings. The Labute approximate surface area is 78.4 Å². The van der Waals surface area contributed by atoms with Crippen molar-refractivity contribution in [2.75, 3.05) is 20.6 Å². The lowest BCUT2D eigenvalue weighted by Crippen LogP contribution is -2.41. The van der Waals surface area contributed by atoms with E-state index in [-0.39, 0.29) is 11.9 Å². The molecule has 70 valence electrons. The lowest BCUT2D eigenvalue weighted by molar-refractivity contribution is -0.130. The van der Waals surface area contributed by atoms with Gasteiger partial charge in [0.1, 0.15) is 0 Å². The summed E-state index contributed by atoms with van der Waals surface area (Å²) in [5, 5.41) is 3.45. The van der Waals surface area contributed by atoms with E-state index in [1.54, 1.807) is 21.0 Å². The van der Waals surface area contributed by atoms with Crippen molar-refractivity contribution in [3.05, 3.63) is 11.6 Å². The first-order valence-electron chi connectivity index (χ1n) is 3.73. The van der Waals surface area contributed by atoms with E-state index in [0.29, 0.717) is 11.6 Å². The van der Waals surface area contributed by atoms with Crippen LogP contribution in [0.15, 0.2) is 11.6 Å². The summed E-state index contributed by atoms with van der Waals surface area (Å²) >= 11 is 5.52. The number of carbonyl (C=O) groups is 1. The molecule has 0 aliphatic carbocycles. The summed E-state index contributed by atoms with van der Waals surface area (Å²) in [5.41, 5.74) is 0. The minimum atomic E-state index is -0.213. The first-order chi connectivity index (χ1) is 5.45. The van der Waals surface area contributed by atoms with Crippen LogP contribution in [-0.4, -0.2) is 37.5 Å². The van der Waals surface area contributed by atoms with Crippen LogP contribution in [0.25, 0.3) is 0 Å². The van der Waals surface area contributed by atoms with Gasteiger partial charge in [-0.25, -0.2) is 0 Å². The fourth-order valence-electron chi connectivity index (χ4n) is 0.738. The van der Waals surface area contributed by atoms with Crippen LogP contribution in [0.3, 0.4) is 0 Å². The average molecular weight is 191 g/mol. The molecule has 0 aromatic heterocycles. The molecule has 0 aromatic carbocycles. The Hall–Kier alpha value is -0.540. The van der Waals surface area contributed by atoms with E-state index in [1.807, 2.05) is 0 Å². The van der Waals surface area contributed by atoms with E-state index in [0.717, 1.165) is 0 Å². The Balaban J connectivity index is 3.79.